The summed E-state index contributed by atoms with van der Waals surface area (Å²) < 4.78 is 6.16. The number of piperidine rings is 1. The minimum atomic E-state index is 0.0694. The fourth-order valence-corrected chi connectivity index (χ4v) is 6.13. The van der Waals surface area contributed by atoms with E-state index in [2.05, 4.69) is 21.2 Å². The second kappa shape index (κ2) is 13.8. The summed E-state index contributed by atoms with van der Waals surface area (Å²) in [5, 5.41) is 13.5. The van der Waals surface area contributed by atoms with Crippen molar-refractivity contribution in [2.75, 3.05) is 52.4 Å². The predicted octanol–water partition coefficient (Wildman–Crippen LogP) is 3.41. The lowest BCUT2D eigenvalue weighted by Crippen LogP contribution is -2.47. The molecule has 2 amide bonds. The maximum Gasteiger partial charge on any atom is 0.236 e. The Labute approximate surface area is 237 Å². The van der Waals surface area contributed by atoms with E-state index in [1.807, 2.05) is 47.4 Å². The standard InChI is InChI=1S/C32H42N4O4/c37-29-11-3-1-8-27(29)21-35-22-28-9-2-4-12-30(28)40-19-7-10-26-23-36(32(39)24-35)17-13-25(26)20-31(38)33-14-18-34-15-5-6-16-34/h1-4,7-12,25-26,37H,5-6,13-24H2,(H,33,38)/b10-7+/t25-,26-/m0/s1. The Morgan fingerprint density at radius 1 is 1.00 bits per heavy atom. The first kappa shape index (κ1) is 28.2. The number of hydrogen-bond donors (Lipinski definition) is 2. The molecule has 214 valence electrons. The molecule has 2 saturated heterocycles. The van der Waals surface area contributed by atoms with Crippen molar-refractivity contribution in [1.82, 2.24) is 20.0 Å². The first-order chi connectivity index (χ1) is 19.5. The van der Waals surface area contributed by atoms with Crippen molar-refractivity contribution in [3.8, 4) is 11.5 Å². The van der Waals surface area contributed by atoms with Gasteiger partial charge in [-0.25, -0.2) is 0 Å². The van der Waals surface area contributed by atoms with Crippen molar-refractivity contribution in [1.29, 1.82) is 0 Å². The number of phenolic OH excluding ortho intramolecular Hbond substituents is 1. The summed E-state index contributed by atoms with van der Waals surface area (Å²) in [6.45, 7) is 6.74. The molecule has 3 aliphatic heterocycles. The van der Waals surface area contributed by atoms with Gasteiger partial charge in [0.1, 0.15) is 18.1 Å². The highest BCUT2D eigenvalue weighted by Crippen LogP contribution is 2.29. The summed E-state index contributed by atoms with van der Waals surface area (Å²) in [5.74, 6) is 1.46. The Morgan fingerprint density at radius 2 is 1.80 bits per heavy atom. The topological polar surface area (TPSA) is 85.4 Å². The number of benzene rings is 2. The maximum absolute atomic E-state index is 13.6. The Hall–Kier alpha value is -3.36. The van der Waals surface area contributed by atoms with E-state index in [-0.39, 0.29) is 35.9 Å². The van der Waals surface area contributed by atoms with Crippen LogP contribution in [0.25, 0.3) is 0 Å². The molecule has 5 rings (SSSR count). The van der Waals surface area contributed by atoms with Crippen LogP contribution in [0.4, 0.5) is 0 Å². The molecule has 3 heterocycles. The summed E-state index contributed by atoms with van der Waals surface area (Å²) in [4.78, 5) is 32.9. The molecule has 2 N–H and O–H groups in total. The number of ether oxygens (including phenoxy) is 1. The quantitative estimate of drug-likeness (QED) is 0.518. The van der Waals surface area contributed by atoms with Crippen molar-refractivity contribution in [3.63, 3.8) is 0 Å². The lowest BCUT2D eigenvalue weighted by atomic mass is 9.82. The largest absolute Gasteiger partial charge is 0.508 e. The molecule has 2 aromatic rings. The van der Waals surface area contributed by atoms with Gasteiger partial charge in [-0.15, -0.1) is 0 Å². The highest BCUT2D eigenvalue weighted by molar-refractivity contribution is 5.79. The van der Waals surface area contributed by atoms with Crippen molar-refractivity contribution >= 4 is 11.8 Å². The summed E-state index contributed by atoms with van der Waals surface area (Å²) >= 11 is 0. The van der Waals surface area contributed by atoms with Crippen LogP contribution in [-0.4, -0.2) is 84.0 Å². The zero-order valence-electron chi connectivity index (χ0n) is 23.3. The lowest BCUT2D eigenvalue weighted by molar-refractivity contribution is -0.135. The van der Waals surface area contributed by atoms with Gasteiger partial charge >= 0.3 is 0 Å². The van der Waals surface area contributed by atoms with E-state index in [1.165, 1.54) is 12.8 Å². The van der Waals surface area contributed by atoms with Crippen molar-refractivity contribution in [2.45, 2.75) is 38.8 Å². The van der Waals surface area contributed by atoms with E-state index >= 15 is 0 Å². The van der Waals surface area contributed by atoms with Gasteiger partial charge in [0, 0.05) is 56.8 Å². The first-order valence-electron chi connectivity index (χ1n) is 14.7. The first-order valence-corrected chi connectivity index (χ1v) is 14.7. The number of amides is 2. The van der Waals surface area contributed by atoms with E-state index < -0.39 is 0 Å². The Morgan fingerprint density at radius 3 is 2.65 bits per heavy atom. The summed E-state index contributed by atoms with van der Waals surface area (Å²) in [7, 11) is 0. The number of nitrogens with one attached hydrogen (secondary N) is 1. The highest BCUT2D eigenvalue weighted by atomic mass is 16.5. The summed E-state index contributed by atoms with van der Waals surface area (Å²) in [5.41, 5.74) is 1.78. The van der Waals surface area contributed by atoms with Gasteiger partial charge in [-0.2, -0.15) is 0 Å². The molecule has 0 radical (unpaired) electrons. The number of aromatic hydroxyl groups is 1. The number of nitrogens with zero attached hydrogens (tertiary/aromatic N) is 3. The van der Waals surface area contributed by atoms with Gasteiger partial charge in [-0.3, -0.25) is 14.5 Å². The van der Waals surface area contributed by atoms with Crippen LogP contribution in [0.1, 0.15) is 36.8 Å². The molecule has 0 spiro atoms. The number of hydrogen-bond acceptors (Lipinski definition) is 6. The molecule has 2 bridgehead atoms. The number of fused-ring (bicyclic) bond motifs is 3. The van der Waals surface area contributed by atoms with Crippen LogP contribution in [0.3, 0.4) is 0 Å². The monoisotopic (exact) mass is 546 g/mol. The third kappa shape index (κ3) is 7.64. The fraction of sp³-hybridized carbons (Fsp3) is 0.500. The smallest absolute Gasteiger partial charge is 0.236 e. The van der Waals surface area contributed by atoms with Gasteiger partial charge in [0.25, 0.3) is 0 Å². The molecule has 3 aliphatic rings. The Kier molecular flexibility index (Phi) is 9.73. The number of carbonyl (C=O) groups is 2. The van der Waals surface area contributed by atoms with Crippen LogP contribution >= 0.6 is 0 Å². The molecular weight excluding hydrogens is 504 g/mol. The molecular formula is C32H42N4O4. The molecule has 8 heteroatoms. The Bertz CT molecular complexity index is 1180. The van der Waals surface area contributed by atoms with E-state index in [4.69, 9.17) is 4.74 Å². The zero-order valence-corrected chi connectivity index (χ0v) is 23.3. The van der Waals surface area contributed by atoms with Gasteiger partial charge in [0.2, 0.25) is 11.8 Å². The SMILES string of the molecule is O=C(C[C@@H]1CCN2C[C@@H]1/C=C/COc1ccccc1CN(Cc1ccccc1O)CC2=O)NCCN1CCCC1. The molecule has 0 saturated carbocycles. The van der Waals surface area contributed by atoms with Gasteiger partial charge < -0.3 is 25.0 Å². The molecule has 0 aromatic heterocycles. The predicted molar refractivity (Wildman–Crippen MR) is 155 cm³/mol. The highest BCUT2D eigenvalue weighted by Gasteiger charge is 2.32. The summed E-state index contributed by atoms with van der Waals surface area (Å²) in [6.07, 6.45) is 7.94. The van der Waals surface area contributed by atoms with Crippen molar-refractivity contribution in [3.05, 3.63) is 71.8 Å². The van der Waals surface area contributed by atoms with Crippen molar-refractivity contribution < 1.29 is 19.4 Å². The molecule has 0 aliphatic carbocycles. The second-order valence-corrected chi connectivity index (χ2v) is 11.3. The Balaban J connectivity index is 1.28. The third-order valence-electron chi connectivity index (χ3n) is 8.39. The average Bonchev–Trinajstić information content (AvgIpc) is 3.47. The number of phenols is 1. The fourth-order valence-electron chi connectivity index (χ4n) is 6.13. The molecule has 40 heavy (non-hydrogen) atoms. The molecule has 8 nitrogen and oxygen atoms in total. The second-order valence-electron chi connectivity index (χ2n) is 11.3. The van der Waals surface area contributed by atoms with E-state index in [0.29, 0.717) is 45.8 Å². The average molecular weight is 547 g/mol. The zero-order chi connectivity index (χ0) is 27.7. The number of likely N-dealkylation sites (tertiary alicyclic amines) is 1. The minimum absolute atomic E-state index is 0.0694. The van der Waals surface area contributed by atoms with Crippen LogP contribution in [0.5, 0.6) is 11.5 Å². The maximum atomic E-state index is 13.6. The van der Waals surface area contributed by atoms with Gasteiger partial charge in [-0.1, -0.05) is 48.6 Å². The number of carbonyl (C=O) groups excluding carboxylic acids is 2. The van der Waals surface area contributed by atoms with Crippen LogP contribution in [0.2, 0.25) is 0 Å². The molecule has 2 atom stereocenters. The van der Waals surface area contributed by atoms with Gasteiger partial charge in [-0.05, 0) is 56.3 Å². The third-order valence-corrected chi connectivity index (χ3v) is 8.39. The minimum Gasteiger partial charge on any atom is -0.508 e. The van der Waals surface area contributed by atoms with Crippen LogP contribution in [-0.2, 0) is 22.7 Å². The normalized spacial score (nSPS) is 23.3. The number of rotatable bonds is 7. The van der Waals surface area contributed by atoms with Gasteiger partial charge in [0.15, 0.2) is 0 Å². The van der Waals surface area contributed by atoms with E-state index in [9.17, 15) is 14.7 Å². The summed E-state index contributed by atoms with van der Waals surface area (Å²) in [6, 6.07) is 15.2. The van der Waals surface area contributed by atoms with E-state index in [1.54, 1.807) is 12.1 Å². The molecule has 2 aromatic carbocycles. The van der Waals surface area contributed by atoms with Gasteiger partial charge in [0.05, 0.1) is 6.54 Å². The van der Waals surface area contributed by atoms with E-state index in [0.717, 1.165) is 42.9 Å². The van der Waals surface area contributed by atoms with Crippen molar-refractivity contribution in [2.24, 2.45) is 11.8 Å². The molecule has 0 unspecified atom stereocenters. The van der Waals surface area contributed by atoms with Crippen LogP contribution < -0.4 is 10.1 Å². The lowest BCUT2D eigenvalue weighted by Gasteiger charge is -2.38. The number of para-hydroxylation sites is 2. The van der Waals surface area contributed by atoms with Crippen LogP contribution in [0.15, 0.2) is 60.7 Å². The molecule has 2 fully saturated rings. The van der Waals surface area contributed by atoms with Crippen LogP contribution in [0, 0.1) is 11.8 Å².